The molecule has 0 bridgehead atoms. The van der Waals surface area contributed by atoms with E-state index in [2.05, 4.69) is 26.9 Å². The Hall–Kier alpha value is -2.89. The molecule has 2 saturated heterocycles. The molecule has 2 amide bonds. The van der Waals surface area contributed by atoms with Crippen LogP contribution < -0.4 is 4.90 Å². The minimum absolute atomic E-state index is 0.115. The van der Waals surface area contributed by atoms with E-state index in [4.69, 9.17) is 0 Å². The van der Waals surface area contributed by atoms with Gasteiger partial charge in [0.1, 0.15) is 5.82 Å². The predicted octanol–water partition coefficient (Wildman–Crippen LogP) is 3.24. The Morgan fingerprint density at radius 3 is 2.16 bits per heavy atom. The van der Waals surface area contributed by atoms with Crippen molar-refractivity contribution in [2.45, 2.75) is 32.1 Å². The van der Waals surface area contributed by atoms with Gasteiger partial charge in [-0.1, -0.05) is 18.2 Å². The fourth-order valence-corrected chi connectivity index (χ4v) is 4.92. The minimum atomic E-state index is 0.115. The number of piperazine rings is 1. The summed E-state index contributed by atoms with van der Waals surface area (Å²) in [4.78, 5) is 35.9. The van der Waals surface area contributed by atoms with E-state index in [0.717, 1.165) is 82.8 Å². The maximum absolute atomic E-state index is 13.0. The Morgan fingerprint density at radius 2 is 1.53 bits per heavy atom. The van der Waals surface area contributed by atoms with Gasteiger partial charge >= 0.3 is 0 Å². The van der Waals surface area contributed by atoms with Crippen LogP contribution in [0.1, 0.15) is 41.6 Å². The van der Waals surface area contributed by atoms with Crippen LogP contribution in [-0.4, -0.2) is 65.9 Å². The SMILES string of the molecule is O=C(c1ccc(CC2CCN(C(=O)C3CC3)CC2)cc1)N1CCN(c2ccccn2)CC1. The molecule has 0 unspecified atom stereocenters. The van der Waals surface area contributed by atoms with E-state index in [1.807, 2.05) is 41.4 Å². The van der Waals surface area contributed by atoms with E-state index in [1.165, 1.54) is 5.56 Å². The number of hydrogen-bond acceptors (Lipinski definition) is 4. The highest BCUT2D eigenvalue weighted by molar-refractivity contribution is 5.94. The van der Waals surface area contributed by atoms with Crippen LogP contribution in [0.3, 0.4) is 0 Å². The molecule has 1 aromatic carbocycles. The van der Waals surface area contributed by atoms with E-state index in [9.17, 15) is 9.59 Å². The highest BCUT2D eigenvalue weighted by Gasteiger charge is 2.34. The minimum Gasteiger partial charge on any atom is -0.353 e. The summed E-state index contributed by atoms with van der Waals surface area (Å²) in [7, 11) is 0. The van der Waals surface area contributed by atoms with Crippen LogP contribution in [0.25, 0.3) is 0 Å². The quantitative estimate of drug-likeness (QED) is 0.728. The van der Waals surface area contributed by atoms with Gasteiger partial charge < -0.3 is 14.7 Å². The summed E-state index contributed by atoms with van der Waals surface area (Å²) in [6.45, 7) is 4.86. The zero-order valence-corrected chi connectivity index (χ0v) is 18.7. The zero-order chi connectivity index (χ0) is 21.9. The molecule has 168 valence electrons. The fourth-order valence-electron chi connectivity index (χ4n) is 4.92. The van der Waals surface area contributed by atoms with Crippen molar-refractivity contribution in [2.75, 3.05) is 44.2 Å². The Bertz CT molecular complexity index is 926. The Kier molecular flexibility index (Phi) is 6.10. The monoisotopic (exact) mass is 432 g/mol. The van der Waals surface area contributed by atoms with Crippen molar-refractivity contribution in [3.05, 3.63) is 59.8 Å². The van der Waals surface area contributed by atoms with Crippen molar-refractivity contribution in [2.24, 2.45) is 11.8 Å². The zero-order valence-electron chi connectivity index (χ0n) is 18.7. The highest BCUT2D eigenvalue weighted by Crippen LogP contribution is 2.33. The van der Waals surface area contributed by atoms with E-state index in [1.54, 1.807) is 0 Å². The van der Waals surface area contributed by atoms with Gasteiger partial charge in [0, 0.05) is 56.9 Å². The second kappa shape index (κ2) is 9.31. The Morgan fingerprint density at radius 1 is 0.812 bits per heavy atom. The molecule has 6 heteroatoms. The summed E-state index contributed by atoms with van der Waals surface area (Å²) in [5.41, 5.74) is 2.05. The molecule has 0 radical (unpaired) electrons. The van der Waals surface area contributed by atoms with Gasteiger partial charge in [0.05, 0.1) is 0 Å². The number of anilines is 1. The molecule has 32 heavy (non-hydrogen) atoms. The van der Waals surface area contributed by atoms with Gasteiger partial charge in [-0.15, -0.1) is 0 Å². The third kappa shape index (κ3) is 4.79. The molecule has 0 N–H and O–H groups in total. The lowest BCUT2D eigenvalue weighted by Gasteiger charge is -2.35. The van der Waals surface area contributed by atoms with Crippen LogP contribution in [0.5, 0.6) is 0 Å². The third-order valence-corrected chi connectivity index (χ3v) is 7.12. The average molecular weight is 433 g/mol. The maximum atomic E-state index is 13.0. The molecule has 2 aromatic rings. The molecule has 3 fully saturated rings. The molecule has 1 aliphatic carbocycles. The number of hydrogen-bond donors (Lipinski definition) is 0. The van der Waals surface area contributed by atoms with Gasteiger partial charge in [-0.05, 0) is 67.9 Å². The first-order valence-corrected chi connectivity index (χ1v) is 12.0. The molecular formula is C26H32N4O2. The van der Waals surface area contributed by atoms with Gasteiger partial charge in [-0.25, -0.2) is 4.98 Å². The molecule has 5 rings (SSSR count). The number of likely N-dealkylation sites (tertiary alicyclic amines) is 1. The Labute approximate surface area is 190 Å². The van der Waals surface area contributed by atoms with Gasteiger partial charge in [0.2, 0.25) is 5.91 Å². The second-order valence-corrected chi connectivity index (χ2v) is 9.41. The molecule has 0 atom stereocenters. The van der Waals surface area contributed by atoms with Crippen LogP contribution in [0.15, 0.2) is 48.7 Å². The van der Waals surface area contributed by atoms with Crippen molar-refractivity contribution in [1.29, 1.82) is 0 Å². The number of aromatic nitrogens is 1. The standard InChI is InChI=1S/C26H32N4O2/c31-25(23-8-9-23)29-13-10-21(11-14-29)19-20-4-6-22(7-5-20)26(32)30-17-15-28(16-18-30)24-3-1-2-12-27-24/h1-7,12,21,23H,8-11,13-19H2. The fraction of sp³-hybridized carbons (Fsp3) is 0.500. The van der Waals surface area contributed by atoms with E-state index in [-0.39, 0.29) is 5.91 Å². The number of carbonyl (C=O) groups excluding carboxylic acids is 2. The van der Waals surface area contributed by atoms with E-state index < -0.39 is 0 Å². The number of amides is 2. The van der Waals surface area contributed by atoms with Crippen molar-refractivity contribution in [3.8, 4) is 0 Å². The first kappa shape index (κ1) is 21.0. The molecular weight excluding hydrogens is 400 g/mol. The summed E-state index contributed by atoms with van der Waals surface area (Å²) in [6.07, 6.45) is 7.18. The number of piperidine rings is 1. The van der Waals surface area contributed by atoms with Gasteiger partial charge in [-0.3, -0.25) is 9.59 Å². The lowest BCUT2D eigenvalue weighted by Crippen LogP contribution is -2.49. The Balaban J connectivity index is 1.10. The van der Waals surface area contributed by atoms with Crippen molar-refractivity contribution < 1.29 is 9.59 Å². The summed E-state index contributed by atoms with van der Waals surface area (Å²) >= 11 is 0. The van der Waals surface area contributed by atoms with Crippen LogP contribution in [-0.2, 0) is 11.2 Å². The summed E-state index contributed by atoms with van der Waals surface area (Å²) in [6, 6.07) is 14.1. The second-order valence-electron chi connectivity index (χ2n) is 9.41. The van der Waals surface area contributed by atoms with Crippen LogP contribution in [0.4, 0.5) is 5.82 Å². The van der Waals surface area contributed by atoms with Crippen molar-refractivity contribution in [3.63, 3.8) is 0 Å². The first-order valence-electron chi connectivity index (χ1n) is 12.0. The maximum Gasteiger partial charge on any atom is 0.253 e. The number of pyridine rings is 1. The molecule has 3 aliphatic rings. The molecule has 1 saturated carbocycles. The van der Waals surface area contributed by atoms with Gasteiger partial charge in [0.25, 0.3) is 5.91 Å². The van der Waals surface area contributed by atoms with Crippen molar-refractivity contribution in [1.82, 2.24) is 14.8 Å². The van der Waals surface area contributed by atoms with E-state index in [0.29, 0.717) is 17.7 Å². The largest absolute Gasteiger partial charge is 0.353 e. The summed E-state index contributed by atoms with van der Waals surface area (Å²) < 4.78 is 0. The number of nitrogens with zero attached hydrogens (tertiary/aromatic N) is 4. The molecule has 0 spiro atoms. The lowest BCUT2D eigenvalue weighted by molar-refractivity contribution is -0.133. The van der Waals surface area contributed by atoms with E-state index >= 15 is 0 Å². The topological polar surface area (TPSA) is 56.8 Å². The van der Waals surface area contributed by atoms with Crippen LogP contribution in [0.2, 0.25) is 0 Å². The van der Waals surface area contributed by atoms with Crippen LogP contribution in [0, 0.1) is 11.8 Å². The summed E-state index contributed by atoms with van der Waals surface area (Å²) in [5.74, 6) is 2.43. The van der Waals surface area contributed by atoms with Gasteiger partial charge in [-0.2, -0.15) is 0 Å². The molecule has 3 heterocycles. The molecule has 2 aliphatic heterocycles. The molecule has 6 nitrogen and oxygen atoms in total. The average Bonchev–Trinajstić information content (AvgIpc) is 3.71. The van der Waals surface area contributed by atoms with Gasteiger partial charge in [0.15, 0.2) is 0 Å². The third-order valence-electron chi connectivity index (χ3n) is 7.12. The number of carbonyl (C=O) groups is 2. The van der Waals surface area contributed by atoms with Crippen LogP contribution >= 0.6 is 0 Å². The molecule has 1 aromatic heterocycles. The normalized spacial score (nSPS) is 19.8. The predicted molar refractivity (Wildman–Crippen MR) is 125 cm³/mol. The highest BCUT2D eigenvalue weighted by atomic mass is 16.2. The first-order chi connectivity index (χ1) is 15.7. The number of benzene rings is 1. The number of rotatable bonds is 5. The summed E-state index contributed by atoms with van der Waals surface area (Å²) in [5, 5.41) is 0. The lowest BCUT2D eigenvalue weighted by atomic mass is 9.89. The van der Waals surface area contributed by atoms with Crippen molar-refractivity contribution >= 4 is 17.6 Å². The smallest absolute Gasteiger partial charge is 0.253 e.